The summed E-state index contributed by atoms with van der Waals surface area (Å²) in [5, 5.41) is 13.9. The molecule has 0 bridgehead atoms. The quantitative estimate of drug-likeness (QED) is 0.837. The van der Waals surface area contributed by atoms with Gasteiger partial charge in [-0.1, -0.05) is 0 Å². The molecule has 0 radical (unpaired) electrons. The fourth-order valence-corrected chi connectivity index (χ4v) is 2.54. The van der Waals surface area contributed by atoms with E-state index in [1.54, 1.807) is 29.2 Å². The first-order chi connectivity index (χ1) is 10.2. The molecular weight excluding hydrogens is 266 g/mol. The van der Waals surface area contributed by atoms with E-state index in [4.69, 9.17) is 11.5 Å². The molecule has 4 N–H and O–H groups in total. The highest BCUT2D eigenvalue weighted by atomic mass is 15.4. The highest BCUT2D eigenvalue weighted by molar-refractivity contribution is 5.67. The molecule has 0 spiro atoms. The zero-order chi connectivity index (χ0) is 14.8. The minimum absolute atomic E-state index is 0.228. The Labute approximate surface area is 122 Å². The van der Waals surface area contributed by atoms with Crippen LogP contribution in [0.1, 0.15) is 18.4 Å². The van der Waals surface area contributed by atoms with E-state index in [0.717, 1.165) is 31.6 Å². The minimum Gasteiger partial charge on any atom is -0.382 e. The van der Waals surface area contributed by atoms with E-state index >= 15 is 0 Å². The van der Waals surface area contributed by atoms with E-state index in [-0.39, 0.29) is 6.04 Å². The molecule has 21 heavy (non-hydrogen) atoms. The van der Waals surface area contributed by atoms with Crippen molar-refractivity contribution in [3.63, 3.8) is 0 Å². The Balaban J connectivity index is 2.00. The third-order valence-corrected chi connectivity index (χ3v) is 3.76. The van der Waals surface area contributed by atoms with Gasteiger partial charge in [0.2, 0.25) is 0 Å². The van der Waals surface area contributed by atoms with Crippen LogP contribution in [0.25, 0.3) is 5.69 Å². The van der Waals surface area contributed by atoms with Crippen LogP contribution in [0.15, 0.2) is 24.5 Å². The van der Waals surface area contributed by atoms with E-state index in [9.17, 15) is 5.26 Å². The van der Waals surface area contributed by atoms with Gasteiger partial charge in [-0.15, -0.1) is 5.10 Å². The fraction of sp³-hybridized carbons (Fsp3) is 0.357. The van der Waals surface area contributed by atoms with E-state index in [1.165, 1.54) is 0 Å². The molecular formula is C14H17N7. The van der Waals surface area contributed by atoms with Crippen LogP contribution in [0.5, 0.6) is 0 Å². The number of nitrogen functional groups attached to an aromatic ring is 1. The predicted octanol–water partition coefficient (Wildman–Crippen LogP) is 0.649. The molecule has 0 amide bonds. The van der Waals surface area contributed by atoms with Crippen molar-refractivity contribution in [2.45, 2.75) is 18.9 Å². The number of hydrogen-bond acceptors (Lipinski definition) is 6. The molecule has 2 aromatic heterocycles. The molecule has 7 heteroatoms. The van der Waals surface area contributed by atoms with Crippen molar-refractivity contribution in [1.29, 1.82) is 5.26 Å². The van der Waals surface area contributed by atoms with Crippen LogP contribution < -0.4 is 16.4 Å². The largest absolute Gasteiger partial charge is 0.382 e. The van der Waals surface area contributed by atoms with Crippen LogP contribution in [-0.4, -0.2) is 33.9 Å². The van der Waals surface area contributed by atoms with Crippen LogP contribution in [0.4, 0.5) is 11.6 Å². The summed E-state index contributed by atoms with van der Waals surface area (Å²) >= 11 is 0. The highest BCUT2D eigenvalue weighted by Gasteiger charge is 2.24. The molecule has 3 heterocycles. The Morgan fingerprint density at radius 3 is 2.52 bits per heavy atom. The van der Waals surface area contributed by atoms with Crippen LogP contribution in [0, 0.1) is 11.3 Å². The van der Waals surface area contributed by atoms with Gasteiger partial charge in [0.1, 0.15) is 17.5 Å². The molecule has 0 aromatic carbocycles. The highest BCUT2D eigenvalue weighted by Crippen LogP contribution is 2.28. The van der Waals surface area contributed by atoms with Crippen LogP contribution >= 0.6 is 0 Å². The lowest BCUT2D eigenvalue weighted by molar-refractivity contribution is 0.497. The van der Waals surface area contributed by atoms with Crippen molar-refractivity contribution in [1.82, 2.24) is 14.8 Å². The minimum atomic E-state index is 0.228. The molecule has 1 saturated heterocycles. The van der Waals surface area contributed by atoms with Gasteiger partial charge in [-0.05, 0) is 25.0 Å². The first-order valence-corrected chi connectivity index (χ1v) is 6.90. The van der Waals surface area contributed by atoms with Crippen molar-refractivity contribution >= 4 is 11.6 Å². The number of pyridine rings is 1. The topological polar surface area (TPSA) is 110 Å². The van der Waals surface area contributed by atoms with E-state index < -0.39 is 0 Å². The lowest BCUT2D eigenvalue weighted by Crippen LogP contribution is -2.40. The number of rotatable bonds is 2. The van der Waals surface area contributed by atoms with Crippen LogP contribution in [-0.2, 0) is 0 Å². The Morgan fingerprint density at radius 2 is 1.90 bits per heavy atom. The van der Waals surface area contributed by atoms with Crippen LogP contribution in [0.3, 0.4) is 0 Å². The van der Waals surface area contributed by atoms with Crippen molar-refractivity contribution in [3.05, 3.63) is 30.1 Å². The zero-order valence-corrected chi connectivity index (χ0v) is 11.6. The van der Waals surface area contributed by atoms with Crippen LogP contribution in [0.2, 0.25) is 0 Å². The molecule has 1 aliphatic heterocycles. The summed E-state index contributed by atoms with van der Waals surface area (Å²) in [4.78, 5) is 6.06. The summed E-state index contributed by atoms with van der Waals surface area (Å²) in [6, 6.07) is 6.01. The monoisotopic (exact) mass is 283 g/mol. The van der Waals surface area contributed by atoms with Gasteiger partial charge in [0.05, 0.1) is 5.69 Å². The lowest BCUT2D eigenvalue weighted by atomic mass is 10.1. The van der Waals surface area contributed by atoms with Gasteiger partial charge < -0.3 is 16.4 Å². The van der Waals surface area contributed by atoms with Gasteiger partial charge >= 0.3 is 0 Å². The van der Waals surface area contributed by atoms with E-state index in [0.29, 0.717) is 17.2 Å². The molecule has 7 nitrogen and oxygen atoms in total. The predicted molar refractivity (Wildman–Crippen MR) is 79.9 cm³/mol. The summed E-state index contributed by atoms with van der Waals surface area (Å²) in [6.07, 6.45) is 5.13. The average Bonchev–Trinajstić information content (AvgIpc) is 2.85. The number of nitrogens with zero attached hydrogens (tertiary/aromatic N) is 5. The number of anilines is 2. The van der Waals surface area contributed by atoms with Crippen molar-refractivity contribution in [3.8, 4) is 11.8 Å². The van der Waals surface area contributed by atoms with Gasteiger partial charge in [0.25, 0.3) is 0 Å². The summed E-state index contributed by atoms with van der Waals surface area (Å²) < 4.78 is 1.59. The Kier molecular flexibility index (Phi) is 3.46. The maximum absolute atomic E-state index is 9.40. The number of nitrogens with two attached hydrogens (primary N) is 2. The zero-order valence-electron chi connectivity index (χ0n) is 11.6. The number of aromatic nitrogens is 3. The second-order valence-electron chi connectivity index (χ2n) is 5.14. The number of nitriles is 1. The summed E-state index contributed by atoms with van der Waals surface area (Å²) in [6.45, 7) is 1.59. The molecule has 1 fully saturated rings. The third kappa shape index (κ3) is 2.41. The molecule has 0 aliphatic carbocycles. The standard InChI is InChI=1S/C14H17N7/c15-9-12-13(17)21(11-1-5-18-6-2-11)19-14(12)20-7-3-10(16)4-8-20/h1-2,5-6,10H,3-4,7-8,16-17H2. The Bertz CT molecular complexity index is 663. The Morgan fingerprint density at radius 1 is 1.24 bits per heavy atom. The number of piperidine rings is 1. The maximum atomic E-state index is 9.40. The molecule has 0 unspecified atom stereocenters. The average molecular weight is 283 g/mol. The molecule has 2 aromatic rings. The van der Waals surface area contributed by atoms with E-state index in [1.807, 2.05) is 0 Å². The SMILES string of the molecule is N#Cc1c(N2CCC(N)CC2)nn(-c2ccncc2)c1N. The van der Waals surface area contributed by atoms with E-state index in [2.05, 4.69) is 21.1 Å². The first kappa shape index (κ1) is 13.4. The van der Waals surface area contributed by atoms with Gasteiger partial charge in [-0.25, -0.2) is 4.68 Å². The molecule has 1 aliphatic rings. The maximum Gasteiger partial charge on any atom is 0.171 e. The Hall–Kier alpha value is -2.59. The van der Waals surface area contributed by atoms with Gasteiger partial charge in [0.15, 0.2) is 5.82 Å². The van der Waals surface area contributed by atoms with Crippen molar-refractivity contribution < 1.29 is 0 Å². The second-order valence-corrected chi connectivity index (χ2v) is 5.14. The molecule has 3 rings (SSSR count). The smallest absolute Gasteiger partial charge is 0.171 e. The van der Waals surface area contributed by atoms with Crippen molar-refractivity contribution in [2.24, 2.45) is 5.73 Å². The molecule has 108 valence electrons. The van der Waals surface area contributed by atoms with Gasteiger partial charge in [-0.3, -0.25) is 4.98 Å². The fourth-order valence-electron chi connectivity index (χ4n) is 2.54. The second kappa shape index (κ2) is 5.42. The van der Waals surface area contributed by atoms with Gasteiger partial charge in [-0.2, -0.15) is 5.26 Å². The molecule has 0 atom stereocenters. The first-order valence-electron chi connectivity index (χ1n) is 6.90. The van der Waals surface area contributed by atoms with Crippen molar-refractivity contribution in [2.75, 3.05) is 23.7 Å². The van der Waals surface area contributed by atoms with Gasteiger partial charge in [0, 0.05) is 31.5 Å². The summed E-state index contributed by atoms with van der Waals surface area (Å²) in [5.74, 6) is 0.993. The number of hydrogen-bond donors (Lipinski definition) is 2. The normalized spacial score (nSPS) is 15.9. The lowest BCUT2D eigenvalue weighted by Gasteiger charge is -2.30. The molecule has 0 saturated carbocycles. The summed E-state index contributed by atoms with van der Waals surface area (Å²) in [5.41, 5.74) is 13.2. The summed E-state index contributed by atoms with van der Waals surface area (Å²) in [7, 11) is 0. The third-order valence-electron chi connectivity index (χ3n) is 3.76.